The van der Waals surface area contributed by atoms with Crippen molar-refractivity contribution in [1.29, 1.82) is 0 Å². The van der Waals surface area contributed by atoms with Crippen molar-refractivity contribution < 1.29 is 22.4 Å². The molecule has 1 aromatic carbocycles. The highest BCUT2D eigenvalue weighted by molar-refractivity contribution is 5.93. The number of alkyl halides is 3. The summed E-state index contributed by atoms with van der Waals surface area (Å²) in [4.78, 5) is 16.3. The lowest BCUT2D eigenvalue weighted by molar-refractivity contribution is -0.142. The first-order valence-electron chi connectivity index (χ1n) is 8.24. The van der Waals surface area contributed by atoms with Crippen LogP contribution >= 0.6 is 0 Å². The van der Waals surface area contributed by atoms with Crippen LogP contribution in [0.15, 0.2) is 36.4 Å². The summed E-state index contributed by atoms with van der Waals surface area (Å²) in [5.41, 5.74) is -1.04. The van der Waals surface area contributed by atoms with E-state index in [9.17, 15) is 22.4 Å². The minimum Gasteiger partial charge on any atom is -0.348 e. The Morgan fingerprint density at radius 2 is 1.89 bits per heavy atom. The first-order valence-corrected chi connectivity index (χ1v) is 8.24. The van der Waals surface area contributed by atoms with Crippen molar-refractivity contribution in [2.24, 2.45) is 0 Å². The van der Waals surface area contributed by atoms with Crippen LogP contribution in [0.5, 0.6) is 0 Å². The number of nitrogens with zero attached hydrogens (tertiary/aromatic N) is 3. The Morgan fingerprint density at radius 3 is 2.48 bits per heavy atom. The van der Waals surface area contributed by atoms with Gasteiger partial charge in [-0.05, 0) is 43.7 Å². The molecule has 5 nitrogen and oxygen atoms in total. The summed E-state index contributed by atoms with van der Waals surface area (Å²) in [7, 11) is 0. The van der Waals surface area contributed by atoms with Gasteiger partial charge in [0.05, 0.1) is 5.69 Å². The number of amides is 1. The lowest BCUT2D eigenvalue weighted by atomic mass is 10.1. The van der Waals surface area contributed by atoms with E-state index in [1.54, 1.807) is 6.92 Å². The van der Waals surface area contributed by atoms with E-state index in [1.807, 2.05) is 6.92 Å². The number of rotatable bonds is 4. The summed E-state index contributed by atoms with van der Waals surface area (Å²) in [6, 6.07) is 6.81. The first-order chi connectivity index (χ1) is 12.7. The van der Waals surface area contributed by atoms with Gasteiger partial charge in [0, 0.05) is 17.7 Å². The maximum absolute atomic E-state index is 13.5. The van der Waals surface area contributed by atoms with Crippen LogP contribution in [0.2, 0.25) is 0 Å². The molecule has 0 fully saturated rings. The molecule has 0 aliphatic rings. The molecule has 0 saturated carbocycles. The average Bonchev–Trinajstić information content (AvgIpc) is 3.04. The number of hydrogen-bond acceptors (Lipinski definition) is 3. The van der Waals surface area contributed by atoms with Gasteiger partial charge in [0.15, 0.2) is 17.0 Å². The summed E-state index contributed by atoms with van der Waals surface area (Å²) < 4.78 is 54.2. The zero-order valence-corrected chi connectivity index (χ0v) is 14.5. The van der Waals surface area contributed by atoms with Crippen LogP contribution in [0.25, 0.3) is 16.9 Å². The summed E-state index contributed by atoms with van der Waals surface area (Å²) in [6.45, 7) is 3.65. The SMILES string of the molecule is CC[C@@H](C)NC(=O)c1cc2nc(-c3ccc(F)cc3)cc(C(F)(F)F)n2n1. The number of benzene rings is 1. The molecule has 1 amide bonds. The van der Waals surface area contributed by atoms with Gasteiger partial charge in [0.2, 0.25) is 0 Å². The predicted octanol–water partition coefficient (Wildman–Crippen LogP) is 4.08. The van der Waals surface area contributed by atoms with Crippen molar-refractivity contribution in [3.63, 3.8) is 0 Å². The Morgan fingerprint density at radius 1 is 1.22 bits per heavy atom. The van der Waals surface area contributed by atoms with Crippen LogP contribution in [0.1, 0.15) is 36.5 Å². The second-order valence-corrected chi connectivity index (χ2v) is 6.11. The number of carbonyl (C=O) groups excluding carboxylic acids is 1. The zero-order valence-electron chi connectivity index (χ0n) is 14.5. The number of hydrogen-bond donors (Lipinski definition) is 1. The van der Waals surface area contributed by atoms with Crippen molar-refractivity contribution in [2.75, 3.05) is 0 Å². The fourth-order valence-electron chi connectivity index (χ4n) is 2.46. The van der Waals surface area contributed by atoms with Crippen LogP contribution in [-0.4, -0.2) is 26.5 Å². The number of aromatic nitrogens is 3. The zero-order chi connectivity index (χ0) is 19.8. The highest BCUT2D eigenvalue weighted by atomic mass is 19.4. The minimum absolute atomic E-state index is 0.00334. The Hall–Kier alpha value is -2.97. The Labute approximate surface area is 152 Å². The highest BCUT2D eigenvalue weighted by Crippen LogP contribution is 2.32. The van der Waals surface area contributed by atoms with Crippen LogP contribution in [0.4, 0.5) is 17.6 Å². The third-order valence-corrected chi connectivity index (χ3v) is 4.08. The monoisotopic (exact) mass is 380 g/mol. The van der Waals surface area contributed by atoms with E-state index < -0.39 is 23.6 Å². The maximum atomic E-state index is 13.5. The van der Waals surface area contributed by atoms with Crippen LogP contribution in [0.3, 0.4) is 0 Å². The van der Waals surface area contributed by atoms with E-state index in [1.165, 1.54) is 18.2 Å². The Balaban J connectivity index is 2.13. The van der Waals surface area contributed by atoms with Crippen LogP contribution in [0, 0.1) is 5.82 Å². The molecule has 0 radical (unpaired) electrons. The predicted molar refractivity (Wildman–Crippen MR) is 90.6 cm³/mol. The van der Waals surface area contributed by atoms with E-state index in [4.69, 9.17) is 0 Å². The standard InChI is InChI=1S/C18H16F4N4O/c1-3-10(2)23-17(27)14-9-16-24-13(11-4-6-12(19)7-5-11)8-15(18(20,21)22)26(16)25-14/h4-10H,3H2,1-2H3,(H,23,27)/t10-/m1/s1. The largest absolute Gasteiger partial charge is 0.433 e. The third-order valence-electron chi connectivity index (χ3n) is 4.08. The summed E-state index contributed by atoms with van der Waals surface area (Å²) in [5, 5.41) is 6.43. The number of carbonyl (C=O) groups is 1. The van der Waals surface area contributed by atoms with Gasteiger partial charge < -0.3 is 5.32 Å². The second-order valence-electron chi connectivity index (χ2n) is 6.11. The average molecular weight is 380 g/mol. The lowest BCUT2D eigenvalue weighted by Gasteiger charge is -2.11. The number of fused-ring (bicyclic) bond motifs is 1. The van der Waals surface area contributed by atoms with Crippen molar-refractivity contribution in [1.82, 2.24) is 19.9 Å². The molecule has 27 heavy (non-hydrogen) atoms. The Kier molecular flexibility index (Phi) is 4.86. The van der Waals surface area contributed by atoms with Crippen LogP contribution < -0.4 is 5.32 Å². The smallest absolute Gasteiger partial charge is 0.348 e. The van der Waals surface area contributed by atoms with Gasteiger partial charge >= 0.3 is 6.18 Å². The molecule has 3 aromatic rings. The van der Waals surface area contributed by atoms with Gasteiger partial charge in [0.1, 0.15) is 5.82 Å². The first kappa shape index (κ1) is 18.8. The lowest BCUT2D eigenvalue weighted by Crippen LogP contribution is -2.32. The molecule has 2 heterocycles. The van der Waals surface area contributed by atoms with Crippen molar-refractivity contribution in [2.45, 2.75) is 32.5 Å². The van der Waals surface area contributed by atoms with Crippen molar-refractivity contribution in [3.05, 3.63) is 53.6 Å². The van der Waals surface area contributed by atoms with Gasteiger partial charge in [-0.1, -0.05) is 6.92 Å². The molecule has 0 unspecified atom stereocenters. The normalized spacial score (nSPS) is 13.0. The molecular weight excluding hydrogens is 364 g/mol. The van der Waals surface area contributed by atoms with E-state index in [2.05, 4.69) is 15.4 Å². The van der Waals surface area contributed by atoms with Gasteiger partial charge in [-0.2, -0.15) is 18.3 Å². The molecule has 0 spiro atoms. The third kappa shape index (κ3) is 3.91. The van der Waals surface area contributed by atoms with Gasteiger partial charge in [-0.3, -0.25) is 4.79 Å². The second kappa shape index (κ2) is 6.98. The quantitative estimate of drug-likeness (QED) is 0.694. The summed E-state index contributed by atoms with van der Waals surface area (Å²) in [5.74, 6) is -1.09. The van der Waals surface area contributed by atoms with Gasteiger partial charge in [0.25, 0.3) is 5.91 Å². The molecule has 0 saturated heterocycles. The van der Waals surface area contributed by atoms with E-state index in [0.717, 1.165) is 18.2 Å². The summed E-state index contributed by atoms with van der Waals surface area (Å²) in [6.07, 6.45) is -4.05. The molecule has 0 aliphatic heterocycles. The molecule has 0 bridgehead atoms. The maximum Gasteiger partial charge on any atom is 0.433 e. The Bertz CT molecular complexity index is 979. The number of halogens is 4. The molecule has 142 valence electrons. The van der Waals surface area contributed by atoms with Gasteiger partial charge in [-0.15, -0.1) is 0 Å². The molecule has 1 N–H and O–H groups in total. The molecule has 3 rings (SSSR count). The van der Waals surface area contributed by atoms with E-state index in [-0.39, 0.29) is 23.1 Å². The fraction of sp³-hybridized carbons (Fsp3) is 0.278. The van der Waals surface area contributed by atoms with E-state index >= 15 is 0 Å². The minimum atomic E-state index is -4.72. The van der Waals surface area contributed by atoms with Crippen molar-refractivity contribution >= 4 is 11.6 Å². The molecule has 2 aromatic heterocycles. The number of nitrogens with one attached hydrogen (secondary N) is 1. The molecule has 1 atom stereocenters. The van der Waals surface area contributed by atoms with Gasteiger partial charge in [-0.25, -0.2) is 13.9 Å². The molecule has 9 heteroatoms. The van der Waals surface area contributed by atoms with E-state index in [0.29, 0.717) is 16.5 Å². The topological polar surface area (TPSA) is 59.3 Å². The highest BCUT2D eigenvalue weighted by Gasteiger charge is 2.35. The summed E-state index contributed by atoms with van der Waals surface area (Å²) >= 11 is 0. The van der Waals surface area contributed by atoms with Crippen LogP contribution in [-0.2, 0) is 6.18 Å². The molecular formula is C18H16F4N4O. The fourth-order valence-corrected chi connectivity index (χ4v) is 2.46. The van der Waals surface area contributed by atoms with Crippen molar-refractivity contribution in [3.8, 4) is 11.3 Å². The molecule has 0 aliphatic carbocycles.